The number of urea groups is 1. The fourth-order valence-corrected chi connectivity index (χ4v) is 2.58. The zero-order chi connectivity index (χ0) is 18.2. The highest BCUT2D eigenvalue weighted by molar-refractivity contribution is 5.89. The quantitative estimate of drug-likeness (QED) is 0.799. The number of imidazole rings is 1. The summed E-state index contributed by atoms with van der Waals surface area (Å²) in [7, 11) is 1.65. The molecule has 2 amide bonds. The number of aromatic nitrogens is 2. The van der Waals surface area contributed by atoms with Crippen molar-refractivity contribution in [3.63, 3.8) is 0 Å². The maximum Gasteiger partial charge on any atom is 0.321 e. The van der Waals surface area contributed by atoms with Gasteiger partial charge in [0, 0.05) is 44.8 Å². The van der Waals surface area contributed by atoms with Crippen LogP contribution in [0.5, 0.6) is 0 Å². The number of carbonyl (C=O) groups excluding carboxylic acids is 1. The van der Waals surface area contributed by atoms with Crippen LogP contribution in [0.25, 0.3) is 0 Å². The first-order valence-corrected chi connectivity index (χ1v) is 8.61. The van der Waals surface area contributed by atoms with Gasteiger partial charge in [0.2, 0.25) is 0 Å². The normalized spacial score (nSPS) is 10.9. The summed E-state index contributed by atoms with van der Waals surface area (Å²) in [5.41, 5.74) is 1.96. The molecule has 0 fully saturated rings. The van der Waals surface area contributed by atoms with Gasteiger partial charge in [0.1, 0.15) is 5.82 Å². The Balaban J connectivity index is 1.96. The van der Waals surface area contributed by atoms with Gasteiger partial charge < -0.3 is 19.5 Å². The van der Waals surface area contributed by atoms with Crippen molar-refractivity contribution in [3.8, 4) is 0 Å². The number of ether oxygens (including phenoxy) is 1. The molecule has 1 aromatic carbocycles. The average molecular weight is 344 g/mol. The number of amides is 2. The van der Waals surface area contributed by atoms with Gasteiger partial charge in [-0.3, -0.25) is 0 Å². The molecule has 0 saturated heterocycles. The Bertz CT molecular complexity index is 664. The number of methoxy groups -OCH3 is 1. The summed E-state index contributed by atoms with van der Waals surface area (Å²) in [4.78, 5) is 18.5. The Labute approximate surface area is 149 Å². The summed E-state index contributed by atoms with van der Waals surface area (Å²) >= 11 is 0. The Morgan fingerprint density at radius 2 is 2.04 bits per heavy atom. The number of anilines is 1. The molecule has 1 aromatic heterocycles. The first kappa shape index (κ1) is 19.0. The van der Waals surface area contributed by atoms with Gasteiger partial charge in [-0.25, -0.2) is 9.78 Å². The van der Waals surface area contributed by atoms with Crippen molar-refractivity contribution in [2.24, 2.45) is 5.92 Å². The molecule has 136 valence electrons. The lowest BCUT2D eigenvalue weighted by atomic mass is 10.2. The van der Waals surface area contributed by atoms with E-state index in [0.29, 0.717) is 25.6 Å². The number of carbonyl (C=O) groups is 1. The van der Waals surface area contributed by atoms with E-state index in [9.17, 15) is 4.79 Å². The molecule has 1 heterocycles. The number of hydrogen-bond acceptors (Lipinski definition) is 3. The van der Waals surface area contributed by atoms with E-state index >= 15 is 0 Å². The van der Waals surface area contributed by atoms with E-state index in [4.69, 9.17) is 4.74 Å². The molecular weight excluding hydrogens is 316 g/mol. The lowest BCUT2D eigenvalue weighted by Crippen LogP contribution is -2.39. The standard InChI is InChI=1S/C19H28N4O2/c1-15(2)13-23(11-12-25-4)19(24)21-18-7-5-17(6-8-18)14-22-10-9-20-16(22)3/h5-10,15H,11-14H2,1-4H3,(H,21,24). The summed E-state index contributed by atoms with van der Waals surface area (Å²) in [5.74, 6) is 1.39. The van der Waals surface area contributed by atoms with Gasteiger partial charge in [0.05, 0.1) is 6.61 Å². The molecule has 2 aromatic rings. The summed E-state index contributed by atoms with van der Waals surface area (Å²) in [6.45, 7) is 8.76. The van der Waals surface area contributed by atoms with Crippen LogP contribution in [0.1, 0.15) is 25.2 Å². The van der Waals surface area contributed by atoms with Crippen molar-refractivity contribution < 1.29 is 9.53 Å². The van der Waals surface area contributed by atoms with Crippen molar-refractivity contribution >= 4 is 11.7 Å². The van der Waals surface area contributed by atoms with E-state index in [1.807, 2.05) is 37.4 Å². The molecule has 0 bridgehead atoms. The second kappa shape index (κ2) is 9.22. The molecule has 6 heteroatoms. The van der Waals surface area contributed by atoms with Crippen molar-refractivity contribution in [2.45, 2.75) is 27.3 Å². The van der Waals surface area contributed by atoms with Gasteiger partial charge in [-0.15, -0.1) is 0 Å². The molecule has 6 nitrogen and oxygen atoms in total. The molecule has 1 N–H and O–H groups in total. The monoisotopic (exact) mass is 344 g/mol. The Morgan fingerprint density at radius 3 is 2.60 bits per heavy atom. The third-order valence-corrected chi connectivity index (χ3v) is 3.92. The van der Waals surface area contributed by atoms with Crippen LogP contribution in [0.3, 0.4) is 0 Å². The number of nitrogens with zero attached hydrogens (tertiary/aromatic N) is 3. The van der Waals surface area contributed by atoms with Crippen LogP contribution >= 0.6 is 0 Å². The minimum atomic E-state index is -0.0936. The van der Waals surface area contributed by atoms with Crippen molar-refractivity contribution in [2.75, 3.05) is 32.1 Å². The van der Waals surface area contributed by atoms with E-state index in [-0.39, 0.29) is 6.03 Å². The van der Waals surface area contributed by atoms with Crippen LogP contribution in [-0.2, 0) is 11.3 Å². The largest absolute Gasteiger partial charge is 0.383 e. The first-order valence-electron chi connectivity index (χ1n) is 8.61. The Hall–Kier alpha value is -2.34. The molecule has 0 atom stereocenters. The minimum absolute atomic E-state index is 0.0936. The van der Waals surface area contributed by atoms with Crippen LogP contribution < -0.4 is 5.32 Å². The molecule has 0 spiro atoms. The van der Waals surface area contributed by atoms with Crippen LogP contribution in [0.2, 0.25) is 0 Å². The fourth-order valence-electron chi connectivity index (χ4n) is 2.58. The van der Waals surface area contributed by atoms with E-state index in [2.05, 4.69) is 28.7 Å². The van der Waals surface area contributed by atoms with Crippen LogP contribution in [0.15, 0.2) is 36.7 Å². The minimum Gasteiger partial charge on any atom is -0.383 e. The van der Waals surface area contributed by atoms with Gasteiger partial charge in [-0.2, -0.15) is 0 Å². The highest BCUT2D eigenvalue weighted by Gasteiger charge is 2.14. The molecule has 0 aliphatic rings. The molecule has 0 radical (unpaired) electrons. The van der Waals surface area contributed by atoms with Crippen LogP contribution in [-0.4, -0.2) is 47.3 Å². The van der Waals surface area contributed by atoms with Crippen molar-refractivity contribution in [1.29, 1.82) is 0 Å². The molecule has 25 heavy (non-hydrogen) atoms. The number of rotatable bonds is 8. The highest BCUT2D eigenvalue weighted by atomic mass is 16.5. The first-order chi connectivity index (χ1) is 12.0. The Morgan fingerprint density at radius 1 is 1.32 bits per heavy atom. The van der Waals surface area contributed by atoms with Crippen molar-refractivity contribution in [3.05, 3.63) is 48.0 Å². The van der Waals surface area contributed by atoms with Gasteiger partial charge in [-0.1, -0.05) is 26.0 Å². The predicted molar refractivity (Wildman–Crippen MR) is 99.8 cm³/mol. The maximum atomic E-state index is 12.5. The zero-order valence-corrected chi connectivity index (χ0v) is 15.5. The second-order valence-corrected chi connectivity index (χ2v) is 6.56. The van der Waals surface area contributed by atoms with Gasteiger partial charge in [0.15, 0.2) is 0 Å². The molecule has 0 saturated carbocycles. The van der Waals surface area contributed by atoms with E-state index in [0.717, 1.165) is 23.6 Å². The Kier molecular flexibility index (Phi) is 7.01. The number of aryl methyl sites for hydroxylation is 1. The fraction of sp³-hybridized carbons (Fsp3) is 0.474. The molecule has 2 rings (SSSR count). The summed E-state index contributed by atoms with van der Waals surface area (Å²) in [5, 5.41) is 2.97. The lowest BCUT2D eigenvalue weighted by Gasteiger charge is -2.24. The number of hydrogen-bond donors (Lipinski definition) is 1. The van der Waals surface area contributed by atoms with Gasteiger partial charge in [0.25, 0.3) is 0 Å². The topological polar surface area (TPSA) is 59.4 Å². The third-order valence-electron chi connectivity index (χ3n) is 3.92. The SMILES string of the molecule is COCCN(CC(C)C)C(=O)Nc1ccc(Cn2ccnc2C)cc1. The van der Waals surface area contributed by atoms with Gasteiger partial charge in [-0.05, 0) is 30.5 Å². The highest BCUT2D eigenvalue weighted by Crippen LogP contribution is 2.13. The third kappa shape index (κ3) is 5.90. The van der Waals surface area contributed by atoms with E-state index < -0.39 is 0 Å². The smallest absolute Gasteiger partial charge is 0.321 e. The van der Waals surface area contributed by atoms with Crippen LogP contribution in [0, 0.1) is 12.8 Å². The summed E-state index contributed by atoms with van der Waals surface area (Å²) < 4.78 is 7.19. The average Bonchev–Trinajstić information content (AvgIpc) is 2.98. The van der Waals surface area contributed by atoms with Crippen molar-refractivity contribution in [1.82, 2.24) is 14.5 Å². The summed E-state index contributed by atoms with van der Waals surface area (Å²) in [6, 6.07) is 7.82. The maximum absolute atomic E-state index is 12.5. The number of benzene rings is 1. The second-order valence-electron chi connectivity index (χ2n) is 6.56. The number of nitrogens with one attached hydrogen (secondary N) is 1. The lowest BCUT2D eigenvalue weighted by molar-refractivity contribution is 0.150. The van der Waals surface area contributed by atoms with Gasteiger partial charge >= 0.3 is 6.03 Å². The summed E-state index contributed by atoms with van der Waals surface area (Å²) in [6.07, 6.45) is 3.76. The molecule has 0 unspecified atom stereocenters. The molecule has 0 aliphatic heterocycles. The van der Waals surface area contributed by atoms with Crippen LogP contribution in [0.4, 0.5) is 10.5 Å². The van der Waals surface area contributed by atoms with E-state index in [1.165, 1.54) is 0 Å². The predicted octanol–water partition coefficient (Wildman–Crippen LogP) is 3.38. The zero-order valence-electron chi connectivity index (χ0n) is 15.5. The molecule has 0 aliphatic carbocycles. The molecular formula is C19H28N4O2. The van der Waals surface area contributed by atoms with E-state index in [1.54, 1.807) is 18.2 Å².